The van der Waals surface area contributed by atoms with Gasteiger partial charge in [-0.25, -0.2) is 0 Å². The number of aromatic nitrogens is 3. The Bertz CT molecular complexity index is 513. The fourth-order valence-electron chi connectivity index (χ4n) is 1.30. The van der Waals surface area contributed by atoms with Crippen molar-refractivity contribution in [2.24, 2.45) is 0 Å². The molecule has 0 bridgehead atoms. The Balaban J connectivity index is 1.91. The van der Waals surface area contributed by atoms with E-state index in [0.717, 1.165) is 12.1 Å². The fourth-order valence-corrected chi connectivity index (χ4v) is 2.02. The molecule has 0 aromatic carbocycles. The van der Waals surface area contributed by atoms with Crippen LogP contribution in [0.2, 0.25) is 0 Å². The Labute approximate surface area is 108 Å². The standard InChI is InChI=1S/C11H13N5OS/c1-2-13-11-16-15-10(18-11)9(17)14-7-8-3-5-12-6-4-8/h3-6H,2,7H2,1H3,(H,13,16)(H,14,17). The van der Waals surface area contributed by atoms with E-state index < -0.39 is 0 Å². The summed E-state index contributed by atoms with van der Waals surface area (Å²) in [7, 11) is 0. The minimum Gasteiger partial charge on any atom is -0.360 e. The van der Waals surface area contributed by atoms with E-state index in [4.69, 9.17) is 0 Å². The van der Waals surface area contributed by atoms with Gasteiger partial charge in [-0.05, 0) is 24.6 Å². The summed E-state index contributed by atoms with van der Waals surface area (Å²) in [5.74, 6) is -0.214. The number of carbonyl (C=O) groups excluding carboxylic acids is 1. The van der Waals surface area contributed by atoms with Crippen molar-refractivity contribution in [1.29, 1.82) is 0 Å². The number of pyridine rings is 1. The quantitative estimate of drug-likeness (QED) is 0.849. The molecule has 7 heteroatoms. The van der Waals surface area contributed by atoms with Crippen molar-refractivity contribution in [1.82, 2.24) is 20.5 Å². The molecule has 2 N–H and O–H groups in total. The summed E-state index contributed by atoms with van der Waals surface area (Å²) in [4.78, 5) is 15.7. The molecule has 0 aliphatic rings. The van der Waals surface area contributed by atoms with Gasteiger partial charge in [-0.3, -0.25) is 9.78 Å². The number of anilines is 1. The lowest BCUT2D eigenvalue weighted by Gasteiger charge is -2.01. The molecule has 1 amide bonds. The van der Waals surface area contributed by atoms with E-state index in [1.165, 1.54) is 11.3 Å². The third-order valence-corrected chi connectivity index (χ3v) is 3.03. The molecule has 2 heterocycles. The number of hydrogen-bond acceptors (Lipinski definition) is 6. The van der Waals surface area contributed by atoms with Crippen LogP contribution in [-0.4, -0.2) is 27.6 Å². The highest BCUT2D eigenvalue weighted by molar-refractivity contribution is 7.17. The van der Waals surface area contributed by atoms with Crippen molar-refractivity contribution < 1.29 is 4.79 Å². The molecule has 0 atom stereocenters. The van der Waals surface area contributed by atoms with Gasteiger partial charge in [-0.15, -0.1) is 10.2 Å². The molecule has 0 aliphatic carbocycles. The molecule has 0 aliphatic heterocycles. The zero-order valence-corrected chi connectivity index (χ0v) is 10.7. The van der Waals surface area contributed by atoms with Crippen molar-refractivity contribution in [3.63, 3.8) is 0 Å². The maximum Gasteiger partial charge on any atom is 0.282 e. The van der Waals surface area contributed by atoms with Crippen molar-refractivity contribution in [2.45, 2.75) is 13.5 Å². The molecule has 0 saturated heterocycles. The maximum absolute atomic E-state index is 11.8. The average molecular weight is 263 g/mol. The van der Waals surface area contributed by atoms with E-state index in [9.17, 15) is 4.79 Å². The Hall–Kier alpha value is -2.02. The van der Waals surface area contributed by atoms with E-state index in [2.05, 4.69) is 25.8 Å². The average Bonchev–Trinajstić information content (AvgIpc) is 2.86. The van der Waals surface area contributed by atoms with Crippen molar-refractivity contribution in [3.05, 3.63) is 35.1 Å². The highest BCUT2D eigenvalue weighted by Gasteiger charge is 2.11. The van der Waals surface area contributed by atoms with Gasteiger partial charge in [0.2, 0.25) is 10.1 Å². The number of rotatable bonds is 5. The molecule has 2 rings (SSSR count). The van der Waals surface area contributed by atoms with Gasteiger partial charge in [0.05, 0.1) is 0 Å². The van der Waals surface area contributed by atoms with Crippen LogP contribution in [0.5, 0.6) is 0 Å². The molecule has 0 unspecified atom stereocenters. The van der Waals surface area contributed by atoms with Gasteiger partial charge < -0.3 is 10.6 Å². The van der Waals surface area contributed by atoms with Gasteiger partial charge >= 0.3 is 0 Å². The summed E-state index contributed by atoms with van der Waals surface area (Å²) in [6.45, 7) is 3.18. The van der Waals surface area contributed by atoms with E-state index >= 15 is 0 Å². The van der Waals surface area contributed by atoms with Crippen LogP contribution in [-0.2, 0) is 6.54 Å². The summed E-state index contributed by atoms with van der Waals surface area (Å²) in [6, 6.07) is 3.70. The summed E-state index contributed by atoms with van der Waals surface area (Å²) < 4.78 is 0. The molecular formula is C11H13N5OS. The van der Waals surface area contributed by atoms with E-state index in [-0.39, 0.29) is 5.91 Å². The first-order valence-electron chi connectivity index (χ1n) is 5.54. The van der Waals surface area contributed by atoms with Gasteiger partial charge in [-0.2, -0.15) is 0 Å². The molecular weight excluding hydrogens is 250 g/mol. The monoisotopic (exact) mass is 263 g/mol. The minimum absolute atomic E-state index is 0.214. The Morgan fingerprint density at radius 2 is 2.11 bits per heavy atom. The summed E-state index contributed by atoms with van der Waals surface area (Å²) in [5.41, 5.74) is 0.995. The zero-order chi connectivity index (χ0) is 12.8. The second kappa shape index (κ2) is 6.06. The van der Waals surface area contributed by atoms with Gasteiger partial charge in [-0.1, -0.05) is 11.3 Å². The second-order valence-corrected chi connectivity index (χ2v) is 4.46. The van der Waals surface area contributed by atoms with Crippen molar-refractivity contribution >= 4 is 22.4 Å². The van der Waals surface area contributed by atoms with Crippen molar-refractivity contribution in [2.75, 3.05) is 11.9 Å². The lowest BCUT2D eigenvalue weighted by molar-refractivity contribution is 0.0950. The van der Waals surface area contributed by atoms with Crippen LogP contribution in [0.4, 0.5) is 5.13 Å². The molecule has 6 nitrogen and oxygen atoms in total. The van der Waals surface area contributed by atoms with Crippen LogP contribution in [0.1, 0.15) is 22.3 Å². The lowest BCUT2D eigenvalue weighted by Crippen LogP contribution is -2.22. The van der Waals surface area contributed by atoms with Crippen LogP contribution in [0, 0.1) is 0 Å². The Morgan fingerprint density at radius 3 is 2.83 bits per heavy atom. The van der Waals surface area contributed by atoms with Gasteiger partial charge in [0.15, 0.2) is 0 Å². The smallest absolute Gasteiger partial charge is 0.282 e. The Kier molecular flexibility index (Phi) is 4.19. The summed E-state index contributed by atoms with van der Waals surface area (Å²) >= 11 is 1.24. The van der Waals surface area contributed by atoms with Gasteiger partial charge in [0.25, 0.3) is 5.91 Å². The van der Waals surface area contributed by atoms with Crippen LogP contribution >= 0.6 is 11.3 Å². The van der Waals surface area contributed by atoms with E-state index in [1.807, 2.05) is 19.1 Å². The molecule has 0 fully saturated rings. The highest BCUT2D eigenvalue weighted by atomic mass is 32.1. The first-order valence-corrected chi connectivity index (χ1v) is 6.35. The number of nitrogens with one attached hydrogen (secondary N) is 2. The summed E-state index contributed by atoms with van der Waals surface area (Å²) in [6.07, 6.45) is 3.38. The maximum atomic E-state index is 11.8. The van der Waals surface area contributed by atoms with Crippen LogP contribution < -0.4 is 10.6 Å². The molecule has 0 radical (unpaired) electrons. The van der Waals surface area contributed by atoms with Crippen molar-refractivity contribution in [3.8, 4) is 0 Å². The molecule has 2 aromatic rings. The highest BCUT2D eigenvalue weighted by Crippen LogP contribution is 2.14. The molecule has 2 aromatic heterocycles. The first-order chi connectivity index (χ1) is 8.79. The Morgan fingerprint density at radius 1 is 1.33 bits per heavy atom. The predicted molar refractivity (Wildman–Crippen MR) is 69.5 cm³/mol. The minimum atomic E-state index is -0.214. The predicted octanol–water partition coefficient (Wildman–Crippen LogP) is 1.29. The molecule has 0 saturated carbocycles. The third kappa shape index (κ3) is 3.24. The molecule has 0 spiro atoms. The van der Waals surface area contributed by atoms with E-state index in [0.29, 0.717) is 16.7 Å². The largest absolute Gasteiger partial charge is 0.360 e. The van der Waals surface area contributed by atoms with Crippen LogP contribution in [0.3, 0.4) is 0 Å². The first kappa shape index (κ1) is 12.4. The number of hydrogen-bond donors (Lipinski definition) is 2. The SMILES string of the molecule is CCNc1nnc(C(=O)NCc2ccncc2)s1. The normalized spacial score (nSPS) is 10.1. The topological polar surface area (TPSA) is 79.8 Å². The number of amides is 1. The fraction of sp³-hybridized carbons (Fsp3) is 0.273. The number of nitrogens with zero attached hydrogens (tertiary/aromatic N) is 3. The molecule has 18 heavy (non-hydrogen) atoms. The number of carbonyl (C=O) groups is 1. The van der Waals surface area contributed by atoms with Gasteiger partial charge in [0, 0.05) is 25.5 Å². The molecule has 94 valence electrons. The third-order valence-electron chi connectivity index (χ3n) is 2.15. The van der Waals surface area contributed by atoms with Gasteiger partial charge in [0.1, 0.15) is 0 Å². The zero-order valence-electron chi connectivity index (χ0n) is 9.88. The van der Waals surface area contributed by atoms with E-state index in [1.54, 1.807) is 12.4 Å². The van der Waals surface area contributed by atoms with Crippen LogP contribution in [0.15, 0.2) is 24.5 Å². The second-order valence-electron chi connectivity index (χ2n) is 3.48. The lowest BCUT2D eigenvalue weighted by atomic mass is 10.3. The summed E-state index contributed by atoms with van der Waals surface area (Å²) in [5, 5.41) is 14.5. The van der Waals surface area contributed by atoms with Crippen LogP contribution in [0.25, 0.3) is 0 Å².